The van der Waals surface area contributed by atoms with Gasteiger partial charge in [0.25, 0.3) is 10.0 Å². The lowest BCUT2D eigenvalue weighted by molar-refractivity contribution is -0.140. The Labute approximate surface area is 292 Å². The lowest BCUT2D eigenvalue weighted by atomic mass is 10.0. The number of carbonyl (C=O) groups excluding carboxylic acids is 2. The van der Waals surface area contributed by atoms with E-state index in [1.165, 1.54) is 61.6 Å². The Morgan fingerprint density at radius 3 is 2.12 bits per heavy atom. The number of ether oxygens (including phenoxy) is 2. The quantitative estimate of drug-likeness (QED) is 0.146. The van der Waals surface area contributed by atoms with Crippen LogP contribution < -0.4 is 19.1 Å². The lowest BCUT2D eigenvalue weighted by Gasteiger charge is -2.34. The number of carbonyl (C=O) groups is 2. The van der Waals surface area contributed by atoms with Crippen LogP contribution >= 0.6 is 23.2 Å². The Kier molecular flexibility index (Phi) is 12.7. The fraction of sp³-hybridized carbons (Fsp3) is 0.278. The largest absolute Gasteiger partial charge is 0.493 e. The van der Waals surface area contributed by atoms with E-state index in [1.54, 1.807) is 24.3 Å². The molecule has 2 amide bonds. The maximum Gasteiger partial charge on any atom is 0.264 e. The summed E-state index contributed by atoms with van der Waals surface area (Å²) in [5.74, 6) is -0.443. The summed E-state index contributed by atoms with van der Waals surface area (Å²) in [6.07, 6.45) is 0.860. The summed E-state index contributed by atoms with van der Waals surface area (Å²) in [5.41, 5.74) is 1.62. The SMILES string of the molecule is CC[C@@H](C)NC(=O)[C@H](Cc1ccccc1)N(Cc1ccccc1Cl)C(=O)CN(c1ccc(Cl)cc1)S(=O)(=O)c1ccc(OC)c(OC)c1. The molecular weight excluding hydrogens is 673 g/mol. The molecule has 0 aliphatic rings. The minimum atomic E-state index is -4.38. The monoisotopic (exact) mass is 711 g/mol. The lowest BCUT2D eigenvalue weighted by Crippen LogP contribution is -2.54. The minimum absolute atomic E-state index is 0.0468. The van der Waals surface area contributed by atoms with E-state index >= 15 is 0 Å². The van der Waals surface area contributed by atoms with Crippen LogP contribution in [0, 0.1) is 0 Å². The molecule has 0 saturated heterocycles. The average Bonchev–Trinajstić information content (AvgIpc) is 3.09. The number of methoxy groups -OCH3 is 2. The van der Waals surface area contributed by atoms with Crippen LogP contribution in [0.1, 0.15) is 31.4 Å². The summed E-state index contributed by atoms with van der Waals surface area (Å²) >= 11 is 12.7. The number of hydrogen-bond donors (Lipinski definition) is 1. The van der Waals surface area contributed by atoms with Crippen LogP contribution in [0.3, 0.4) is 0 Å². The molecule has 0 aliphatic heterocycles. The van der Waals surface area contributed by atoms with Crippen LogP contribution in [0.25, 0.3) is 0 Å². The highest BCUT2D eigenvalue weighted by atomic mass is 35.5. The third-order valence-corrected chi connectivity index (χ3v) is 10.3. The van der Waals surface area contributed by atoms with Crippen molar-refractivity contribution < 1.29 is 27.5 Å². The van der Waals surface area contributed by atoms with Gasteiger partial charge in [0.1, 0.15) is 12.6 Å². The van der Waals surface area contributed by atoms with Crippen LogP contribution in [0.4, 0.5) is 5.69 Å². The number of nitrogens with one attached hydrogen (secondary N) is 1. The van der Waals surface area contributed by atoms with Crippen LogP contribution in [0.15, 0.2) is 102 Å². The molecule has 0 bridgehead atoms. The summed E-state index contributed by atoms with van der Waals surface area (Å²) < 4.78 is 40.4. The first-order valence-electron chi connectivity index (χ1n) is 15.4. The molecule has 0 fully saturated rings. The van der Waals surface area contributed by atoms with E-state index in [4.69, 9.17) is 32.7 Å². The molecule has 0 aliphatic carbocycles. The highest BCUT2D eigenvalue weighted by Gasteiger charge is 2.35. The van der Waals surface area contributed by atoms with Gasteiger partial charge in [0.2, 0.25) is 11.8 Å². The van der Waals surface area contributed by atoms with Gasteiger partial charge in [0.05, 0.1) is 24.8 Å². The molecule has 0 radical (unpaired) electrons. The van der Waals surface area contributed by atoms with Crippen LogP contribution in [0.5, 0.6) is 11.5 Å². The van der Waals surface area contributed by atoms with Crippen molar-refractivity contribution in [1.29, 1.82) is 0 Å². The molecule has 4 aromatic rings. The average molecular weight is 713 g/mol. The van der Waals surface area contributed by atoms with Crippen molar-refractivity contribution >= 4 is 50.7 Å². The Morgan fingerprint density at radius 1 is 0.854 bits per heavy atom. The molecule has 254 valence electrons. The predicted molar refractivity (Wildman–Crippen MR) is 189 cm³/mol. The van der Waals surface area contributed by atoms with Gasteiger partial charge in [-0.15, -0.1) is 0 Å². The Hall–Kier alpha value is -4.25. The second kappa shape index (κ2) is 16.7. The zero-order chi connectivity index (χ0) is 34.8. The zero-order valence-electron chi connectivity index (χ0n) is 27.2. The predicted octanol–water partition coefficient (Wildman–Crippen LogP) is 6.76. The molecule has 4 rings (SSSR count). The summed E-state index contributed by atoms with van der Waals surface area (Å²) in [6.45, 7) is 3.15. The molecule has 12 heteroatoms. The third-order valence-electron chi connectivity index (χ3n) is 7.91. The fourth-order valence-corrected chi connectivity index (χ4v) is 6.80. The second-order valence-electron chi connectivity index (χ2n) is 11.1. The molecule has 0 unspecified atom stereocenters. The maximum atomic E-state index is 14.6. The summed E-state index contributed by atoms with van der Waals surface area (Å²) in [4.78, 5) is 29.9. The molecule has 0 heterocycles. The Balaban J connectivity index is 1.84. The van der Waals surface area contributed by atoms with Gasteiger partial charge < -0.3 is 19.7 Å². The second-order valence-corrected chi connectivity index (χ2v) is 13.8. The standard InChI is InChI=1S/C36H39Cl2N3O6S/c1-5-25(2)39-36(43)32(21-26-11-7-6-8-12-26)40(23-27-13-9-10-14-31(27)38)35(42)24-41(29-17-15-28(37)16-18-29)48(44,45)30-19-20-33(46-3)34(22-30)47-4/h6-20,22,25,32H,5,21,23-24H2,1-4H3,(H,39,43)/t25-,32+/m1/s1. The number of rotatable bonds is 15. The molecule has 0 aromatic heterocycles. The number of sulfonamides is 1. The van der Waals surface area contributed by atoms with Crippen molar-refractivity contribution in [1.82, 2.24) is 10.2 Å². The van der Waals surface area contributed by atoms with Gasteiger partial charge >= 0.3 is 0 Å². The number of amides is 2. The minimum Gasteiger partial charge on any atom is -0.493 e. The molecule has 2 atom stereocenters. The van der Waals surface area contributed by atoms with Gasteiger partial charge in [-0.25, -0.2) is 8.42 Å². The number of halogens is 2. The first-order chi connectivity index (χ1) is 23.0. The molecular formula is C36H39Cl2N3O6S. The molecule has 1 N–H and O–H groups in total. The smallest absolute Gasteiger partial charge is 0.264 e. The van der Waals surface area contributed by atoms with Crippen molar-refractivity contribution in [3.05, 3.63) is 118 Å². The fourth-order valence-electron chi connectivity index (χ4n) is 5.05. The van der Waals surface area contributed by atoms with Crippen molar-refractivity contribution in [2.45, 2.75) is 50.2 Å². The third kappa shape index (κ3) is 9.00. The van der Waals surface area contributed by atoms with Crippen molar-refractivity contribution in [3.63, 3.8) is 0 Å². The summed E-state index contributed by atoms with van der Waals surface area (Å²) in [6, 6.07) is 25.5. The van der Waals surface area contributed by atoms with Crippen molar-refractivity contribution in [2.75, 3.05) is 25.1 Å². The van der Waals surface area contributed by atoms with E-state index in [0.29, 0.717) is 27.8 Å². The Bertz CT molecular complexity index is 1810. The zero-order valence-corrected chi connectivity index (χ0v) is 29.6. The topological polar surface area (TPSA) is 105 Å². The summed E-state index contributed by atoms with van der Waals surface area (Å²) in [7, 11) is -1.53. The maximum absolute atomic E-state index is 14.6. The first kappa shape index (κ1) is 36.6. The summed E-state index contributed by atoms with van der Waals surface area (Å²) in [5, 5.41) is 3.81. The highest BCUT2D eigenvalue weighted by Crippen LogP contribution is 2.33. The first-order valence-corrected chi connectivity index (χ1v) is 17.6. The van der Waals surface area contributed by atoms with Gasteiger partial charge in [-0.1, -0.05) is 78.7 Å². The molecule has 0 saturated carbocycles. The van der Waals surface area contributed by atoms with Crippen LogP contribution in [0.2, 0.25) is 10.0 Å². The molecule has 48 heavy (non-hydrogen) atoms. The van der Waals surface area contributed by atoms with E-state index in [0.717, 1.165) is 9.87 Å². The van der Waals surface area contributed by atoms with Crippen LogP contribution in [-0.4, -0.2) is 58.0 Å². The van der Waals surface area contributed by atoms with Gasteiger partial charge in [0.15, 0.2) is 11.5 Å². The van der Waals surface area contributed by atoms with Crippen LogP contribution in [-0.2, 0) is 32.6 Å². The van der Waals surface area contributed by atoms with Gasteiger partial charge in [-0.05, 0) is 66.9 Å². The normalized spacial score (nSPS) is 12.5. The molecule has 9 nitrogen and oxygen atoms in total. The highest BCUT2D eigenvalue weighted by molar-refractivity contribution is 7.92. The van der Waals surface area contributed by atoms with E-state index in [1.807, 2.05) is 44.2 Å². The van der Waals surface area contributed by atoms with Gasteiger partial charge in [-0.3, -0.25) is 13.9 Å². The van der Waals surface area contributed by atoms with Crippen molar-refractivity contribution in [3.8, 4) is 11.5 Å². The van der Waals surface area contributed by atoms with Gasteiger partial charge in [-0.2, -0.15) is 0 Å². The van der Waals surface area contributed by atoms with E-state index < -0.39 is 28.5 Å². The number of anilines is 1. The van der Waals surface area contributed by atoms with E-state index in [2.05, 4.69) is 5.32 Å². The van der Waals surface area contributed by atoms with Gasteiger partial charge in [0, 0.05) is 35.1 Å². The van der Waals surface area contributed by atoms with E-state index in [9.17, 15) is 18.0 Å². The van der Waals surface area contributed by atoms with Crippen molar-refractivity contribution in [2.24, 2.45) is 0 Å². The number of nitrogens with zero attached hydrogens (tertiary/aromatic N) is 2. The number of hydrogen-bond acceptors (Lipinski definition) is 6. The molecule has 4 aromatic carbocycles. The van der Waals surface area contributed by atoms with E-state index in [-0.39, 0.29) is 41.2 Å². The Morgan fingerprint density at radius 2 is 1.50 bits per heavy atom. The number of benzene rings is 4. The molecule has 0 spiro atoms.